The Hall–Kier alpha value is 0.350. The van der Waals surface area contributed by atoms with E-state index >= 15 is 0 Å². The van der Waals surface area contributed by atoms with Gasteiger partial charge in [0.15, 0.2) is 0 Å². The van der Waals surface area contributed by atoms with E-state index in [4.69, 9.17) is 0 Å². The van der Waals surface area contributed by atoms with Crippen molar-refractivity contribution in [2.75, 3.05) is 5.75 Å². The van der Waals surface area contributed by atoms with Gasteiger partial charge in [0, 0.05) is 5.25 Å². The van der Waals surface area contributed by atoms with Gasteiger partial charge in [0.05, 0.1) is 0 Å². The summed E-state index contributed by atoms with van der Waals surface area (Å²) in [6, 6.07) is 0. The third-order valence-electron chi connectivity index (χ3n) is 2.58. The standard InChI is InChI=1S/C11H22S/c1-10(2)6-3-4-7-11-8-5-9-12-11/h10-11H,3-9H2,1-2H3. The fourth-order valence-electron chi connectivity index (χ4n) is 1.80. The number of unbranched alkanes of at least 4 members (excludes halogenated alkanes) is 1. The van der Waals surface area contributed by atoms with Gasteiger partial charge in [-0.05, 0) is 30.9 Å². The summed E-state index contributed by atoms with van der Waals surface area (Å²) in [5.74, 6) is 2.33. The van der Waals surface area contributed by atoms with Crippen molar-refractivity contribution in [1.29, 1.82) is 0 Å². The molecule has 0 bridgehead atoms. The summed E-state index contributed by atoms with van der Waals surface area (Å²) in [6.45, 7) is 4.65. The van der Waals surface area contributed by atoms with Gasteiger partial charge in [-0.2, -0.15) is 11.8 Å². The fraction of sp³-hybridized carbons (Fsp3) is 1.00. The van der Waals surface area contributed by atoms with E-state index in [1.807, 2.05) is 0 Å². The van der Waals surface area contributed by atoms with Crippen molar-refractivity contribution in [2.24, 2.45) is 5.92 Å². The van der Waals surface area contributed by atoms with Gasteiger partial charge in [-0.15, -0.1) is 0 Å². The van der Waals surface area contributed by atoms with Gasteiger partial charge >= 0.3 is 0 Å². The predicted octanol–water partition coefficient (Wildman–Crippen LogP) is 4.10. The molecule has 1 unspecified atom stereocenters. The average Bonchev–Trinajstić information content (AvgIpc) is 2.49. The van der Waals surface area contributed by atoms with Crippen LogP contribution in [0.4, 0.5) is 0 Å². The van der Waals surface area contributed by atoms with Crippen LogP contribution in [0.15, 0.2) is 0 Å². The molecule has 0 N–H and O–H groups in total. The second kappa shape index (κ2) is 5.90. The molecule has 1 heterocycles. The van der Waals surface area contributed by atoms with E-state index in [1.165, 1.54) is 44.3 Å². The molecular formula is C11H22S. The van der Waals surface area contributed by atoms with Crippen LogP contribution in [0.5, 0.6) is 0 Å². The van der Waals surface area contributed by atoms with Crippen LogP contribution in [-0.4, -0.2) is 11.0 Å². The van der Waals surface area contributed by atoms with Crippen LogP contribution >= 0.6 is 11.8 Å². The van der Waals surface area contributed by atoms with E-state index in [2.05, 4.69) is 25.6 Å². The van der Waals surface area contributed by atoms with E-state index in [1.54, 1.807) is 0 Å². The van der Waals surface area contributed by atoms with E-state index in [-0.39, 0.29) is 0 Å². The molecule has 1 atom stereocenters. The van der Waals surface area contributed by atoms with Crippen LogP contribution in [0.2, 0.25) is 0 Å². The first-order valence-corrected chi connectivity index (χ1v) is 6.45. The molecule has 0 aromatic rings. The van der Waals surface area contributed by atoms with Crippen LogP contribution in [0.1, 0.15) is 52.4 Å². The van der Waals surface area contributed by atoms with Gasteiger partial charge in [0.2, 0.25) is 0 Å². The molecule has 1 fully saturated rings. The van der Waals surface area contributed by atoms with Crippen LogP contribution in [0, 0.1) is 5.92 Å². The van der Waals surface area contributed by atoms with Gasteiger partial charge in [-0.1, -0.05) is 33.1 Å². The van der Waals surface area contributed by atoms with Gasteiger partial charge in [0.25, 0.3) is 0 Å². The summed E-state index contributed by atoms with van der Waals surface area (Å²) in [6.07, 6.45) is 8.80. The van der Waals surface area contributed by atoms with E-state index in [9.17, 15) is 0 Å². The Morgan fingerprint density at radius 1 is 1.33 bits per heavy atom. The van der Waals surface area contributed by atoms with E-state index < -0.39 is 0 Å². The Bertz CT molecular complexity index is 104. The van der Waals surface area contributed by atoms with E-state index in [0.29, 0.717) is 0 Å². The maximum absolute atomic E-state index is 2.32. The molecular weight excluding hydrogens is 164 g/mol. The first-order valence-electron chi connectivity index (χ1n) is 5.40. The van der Waals surface area contributed by atoms with Gasteiger partial charge < -0.3 is 0 Å². The zero-order valence-electron chi connectivity index (χ0n) is 8.51. The zero-order valence-corrected chi connectivity index (χ0v) is 9.33. The highest BCUT2D eigenvalue weighted by molar-refractivity contribution is 8.00. The SMILES string of the molecule is CC(C)CCCCC1CCCS1. The highest BCUT2D eigenvalue weighted by Crippen LogP contribution is 2.30. The molecule has 1 aliphatic heterocycles. The van der Waals surface area contributed by atoms with Gasteiger partial charge in [-0.25, -0.2) is 0 Å². The highest BCUT2D eigenvalue weighted by Gasteiger charge is 2.14. The summed E-state index contributed by atoms with van der Waals surface area (Å²) in [5.41, 5.74) is 0. The molecule has 1 rings (SSSR count). The maximum Gasteiger partial charge on any atom is 0.00473 e. The summed E-state index contributed by atoms with van der Waals surface area (Å²) in [7, 11) is 0. The molecule has 1 aliphatic rings. The molecule has 0 saturated carbocycles. The Morgan fingerprint density at radius 3 is 2.75 bits per heavy atom. The third-order valence-corrected chi connectivity index (χ3v) is 4.05. The highest BCUT2D eigenvalue weighted by atomic mass is 32.2. The van der Waals surface area contributed by atoms with Crippen molar-refractivity contribution in [3.63, 3.8) is 0 Å². The maximum atomic E-state index is 2.32. The van der Waals surface area contributed by atoms with Crippen LogP contribution in [0.3, 0.4) is 0 Å². The molecule has 1 saturated heterocycles. The Morgan fingerprint density at radius 2 is 2.17 bits per heavy atom. The molecule has 0 aromatic heterocycles. The largest absolute Gasteiger partial charge is 0.159 e. The molecule has 0 nitrogen and oxygen atoms in total. The Kier molecular flexibility index (Phi) is 5.13. The quantitative estimate of drug-likeness (QED) is 0.583. The molecule has 12 heavy (non-hydrogen) atoms. The minimum atomic E-state index is 0.904. The lowest BCUT2D eigenvalue weighted by Gasteiger charge is -2.08. The second-order valence-corrected chi connectivity index (χ2v) is 5.72. The molecule has 72 valence electrons. The minimum Gasteiger partial charge on any atom is -0.159 e. The van der Waals surface area contributed by atoms with Crippen LogP contribution < -0.4 is 0 Å². The first kappa shape index (κ1) is 10.4. The minimum absolute atomic E-state index is 0.904. The lowest BCUT2D eigenvalue weighted by Crippen LogP contribution is -1.96. The zero-order chi connectivity index (χ0) is 8.81. The topological polar surface area (TPSA) is 0 Å². The lowest BCUT2D eigenvalue weighted by molar-refractivity contribution is 0.521. The Balaban J connectivity index is 1.88. The number of hydrogen-bond donors (Lipinski definition) is 0. The van der Waals surface area contributed by atoms with Crippen LogP contribution in [-0.2, 0) is 0 Å². The second-order valence-electron chi connectivity index (χ2n) is 4.31. The van der Waals surface area contributed by atoms with Gasteiger partial charge in [-0.3, -0.25) is 0 Å². The molecule has 1 heteroatoms. The smallest absolute Gasteiger partial charge is 0.00473 e. The molecule has 0 aliphatic carbocycles. The van der Waals surface area contributed by atoms with Crippen LogP contribution in [0.25, 0.3) is 0 Å². The van der Waals surface area contributed by atoms with E-state index in [0.717, 1.165) is 11.2 Å². The summed E-state index contributed by atoms with van der Waals surface area (Å²) >= 11 is 2.20. The number of hydrogen-bond acceptors (Lipinski definition) is 1. The normalized spacial score (nSPS) is 23.8. The van der Waals surface area contributed by atoms with Crippen molar-refractivity contribution >= 4 is 11.8 Å². The monoisotopic (exact) mass is 186 g/mol. The summed E-state index contributed by atoms with van der Waals surface area (Å²) in [5, 5.41) is 1.03. The van der Waals surface area contributed by atoms with Crippen molar-refractivity contribution in [3.05, 3.63) is 0 Å². The summed E-state index contributed by atoms with van der Waals surface area (Å²) in [4.78, 5) is 0. The average molecular weight is 186 g/mol. The Labute approximate surface area is 81.5 Å². The molecule has 0 spiro atoms. The lowest BCUT2D eigenvalue weighted by atomic mass is 10.0. The molecule has 0 amide bonds. The molecule has 0 radical (unpaired) electrons. The number of thioether (sulfide) groups is 1. The van der Waals surface area contributed by atoms with Crippen molar-refractivity contribution in [1.82, 2.24) is 0 Å². The third kappa shape index (κ3) is 4.39. The predicted molar refractivity (Wildman–Crippen MR) is 58.8 cm³/mol. The first-order chi connectivity index (χ1) is 5.79. The summed E-state index contributed by atoms with van der Waals surface area (Å²) < 4.78 is 0. The number of rotatable bonds is 5. The van der Waals surface area contributed by atoms with Gasteiger partial charge in [0.1, 0.15) is 0 Å². The van der Waals surface area contributed by atoms with Crippen molar-refractivity contribution < 1.29 is 0 Å². The fourth-order valence-corrected chi connectivity index (χ4v) is 3.13. The van der Waals surface area contributed by atoms with Crippen molar-refractivity contribution in [3.8, 4) is 0 Å². The molecule has 0 aromatic carbocycles. The van der Waals surface area contributed by atoms with Crippen molar-refractivity contribution in [2.45, 2.75) is 57.6 Å².